The number of ether oxygens (including phenoxy) is 1. The summed E-state index contributed by atoms with van der Waals surface area (Å²) in [4.78, 5) is 80.6. The third-order valence-electron chi connectivity index (χ3n) is 13.0. The summed E-state index contributed by atoms with van der Waals surface area (Å²) in [5, 5.41) is 10.8. The van der Waals surface area contributed by atoms with E-state index in [4.69, 9.17) is 4.74 Å². The van der Waals surface area contributed by atoms with Crippen molar-refractivity contribution in [1.82, 2.24) is 39.7 Å². The van der Waals surface area contributed by atoms with Crippen LogP contribution in [0.4, 0.5) is 14.9 Å². The van der Waals surface area contributed by atoms with Gasteiger partial charge in [0.25, 0.3) is 17.4 Å². The van der Waals surface area contributed by atoms with E-state index >= 15 is 4.39 Å². The number of aromatic amines is 1. The van der Waals surface area contributed by atoms with Crippen molar-refractivity contribution in [3.63, 3.8) is 0 Å². The van der Waals surface area contributed by atoms with Gasteiger partial charge < -0.3 is 24.3 Å². The van der Waals surface area contributed by atoms with Gasteiger partial charge in [-0.3, -0.25) is 29.4 Å². The van der Waals surface area contributed by atoms with Gasteiger partial charge in [-0.2, -0.15) is 5.10 Å². The van der Waals surface area contributed by atoms with Crippen LogP contribution in [0.25, 0.3) is 21.9 Å². The molecule has 0 radical (unpaired) electrons. The summed E-state index contributed by atoms with van der Waals surface area (Å²) >= 11 is 0. The molecule has 67 heavy (non-hydrogen) atoms. The van der Waals surface area contributed by atoms with Gasteiger partial charge in [-0.05, 0) is 86.9 Å². The number of hydrogen-bond acceptors (Lipinski definition) is 10. The van der Waals surface area contributed by atoms with E-state index < -0.39 is 23.4 Å². The maximum absolute atomic E-state index is 15.1. The van der Waals surface area contributed by atoms with Gasteiger partial charge in [0.2, 0.25) is 5.91 Å². The quantitative estimate of drug-likeness (QED) is 0.159. The number of nitrogens with one attached hydrogen (secondary N) is 2. The first-order valence-electron chi connectivity index (χ1n) is 23.4. The van der Waals surface area contributed by atoms with Crippen molar-refractivity contribution in [2.45, 2.75) is 59.0 Å². The Morgan fingerprint density at radius 3 is 2.16 bits per heavy atom. The lowest BCUT2D eigenvalue weighted by Crippen LogP contribution is -2.55. The summed E-state index contributed by atoms with van der Waals surface area (Å²) < 4.78 is 20.6. The Bertz CT molecular complexity index is 2680. The van der Waals surface area contributed by atoms with Crippen LogP contribution in [0.3, 0.4) is 0 Å². The first-order valence-corrected chi connectivity index (χ1v) is 23.4. The Hall–Kier alpha value is -6.52. The van der Waals surface area contributed by atoms with Crippen LogP contribution in [0.5, 0.6) is 0 Å². The average molecular weight is 914 g/mol. The molecule has 0 bridgehead atoms. The number of halogens is 1. The molecular weight excluding hydrogens is 854 g/mol. The second-order valence-corrected chi connectivity index (χ2v) is 18.8. The molecule has 3 aromatic carbocycles. The van der Waals surface area contributed by atoms with E-state index in [1.807, 2.05) is 29.2 Å². The van der Waals surface area contributed by atoms with Crippen molar-refractivity contribution in [2.75, 3.05) is 83.9 Å². The molecule has 0 aliphatic carbocycles. The number of nitrogens with zero attached hydrogens (tertiary/aromatic N) is 7. The zero-order valence-electron chi connectivity index (χ0n) is 38.9. The number of piperazine rings is 2. The van der Waals surface area contributed by atoms with Crippen LogP contribution < -0.4 is 10.9 Å². The molecule has 3 aliphatic rings. The number of aromatic nitrogens is 3. The van der Waals surface area contributed by atoms with E-state index in [1.165, 1.54) is 11.6 Å². The molecule has 0 unspecified atom stereocenters. The number of fused-ring (bicyclic) bond motifs is 1. The minimum Gasteiger partial charge on any atom is -0.444 e. The zero-order chi connectivity index (χ0) is 47.2. The summed E-state index contributed by atoms with van der Waals surface area (Å²) in [6, 6.07) is 21.5. The Kier molecular flexibility index (Phi) is 14.4. The van der Waals surface area contributed by atoms with Gasteiger partial charge >= 0.3 is 6.09 Å². The number of anilines is 1. The summed E-state index contributed by atoms with van der Waals surface area (Å²) in [5.74, 6) is -0.820. The van der Waals surface area contributed by atoms with Gasteiger partial charge in [0.15, 0.2) is 5.69 Å². The van der Waals surface area contributed by atoms with E-state index in [0.717, 1.165) is 63.1 Å². The van der Waals surface area contributed by atoms with Gasteiger partial charge in [-0.15, -0.1) is 0 Å². The maximum atomic E-state index is 15.1. The fourth-order valence-corrected chi connectivity index (χ4v) is 9.20. The van der Waals surface area contributed by atoms with Crippen LogP contribution in [0.1, 0.15) is 78.2 Å². The molecule has 8 rings (SSSR count). The summed E-state index contributed by atoms with van der Waals surface area (Å²) in [5.41, 5.74) is 3.70. The number of amides is 4. The molecule has 3 saturated heterocycles. The smallest absolute Gasteiger partial charge is 0.412 e. The second kappa shape index (κ2) is 20.6. The molecule has 4 amide bonds. The molecule has 3 aliphatic heterocycles. The van der Waals surface area contributed by atoms with E-state index in [-0.39, 0.29) is 28.6 Å². The molecule has 5 heterocycles. The lowest BCUT2D eigenvalue weighted by Gasteiger charge is -2.40. The fraction of sp³-hybridized carbons (Fsp3) is 0.431. The molecular formula is C51H60FN9O6. The van der Waals surface area contributed by atoms with Crippen LogP contribution in [0.15, 0.2) is 83.8 Å². The van der Waals surface area contributed by atoms with E-state index in [1.54, 1.807) is 67.1 Å². The Labute approximate surface area is 390 Å². The molecule has 3 fully saturated rings. The Morgan fingerprint density at radius 2 is 1.45 bits per heavy atom. The van der Waals surface area contributed by atoms with Crippen molar-refractivity contribution in [3.05, 3.63) is 123 Å². The van der Waals surface area contributed by atoms with E-state index in [2.05, 4.69) is 49.4 Å². The fourth-order valence-electron chi connectivity index (χ4n) is 9.20. The Morgan fingerprint density at radius 1 is 0.761 bits per heavy atom. The monoisotopic (exact) mass is 913 g/mol. The Balaban J connectivity index is 0.782. The van der Waals surface area contributed by atoms with Crippen LogP contribution in [0, 0.1) is 11.7 Å². The SMILES string of the molecule is CCc1cccc(-c2cnc(C(=O)N3CCC(CN4CCN(CC(=O)N5CCN(C(=O)c6cc(Cc7n[nH]c(=O)c8ccccc78)ccc6F)CC5)CC4)CC3)c(NC(=O)OC(C)(C)C)c2)c1. The highest BCUT2D eigenvalue weighted by Gasteiger charge is 2.31. The number of hydrogen-bond donors (Lipinski definition) is 2. The van der Waals surface area contributed by atoms with Crippen LogP contribution in [-0.2, 0) is 22.4 Å². The molecule has 352 valence electrons. The van der Waals surface area contributed by atoms with E-state index in [0.29, 0.717) is 85.9 Å². The predicted molar refractivity (Wildman–Crippen MR) is 254 cm³/mol. The second-order valence-electron chi connectivity index (χ2n) is 18.8. The third kappa shape index (κ3) is 11.5. The van der Waals surface area contributed by atoms with Gasteiger partial charge in [-0.1, -0.05) is 55.5 Å². The zero-order valence-corrected chi connectivity index (χ0v) is 38.9. The van der Waals surface area contributed by atoms with Gasteiger partial charge in [-0.25, -0.2) is 19.3 Å². The molecule has 2 aromatic heterocycles. The van der Waals surface area contributed by atoms with Crippen molar-refractivity contribution in [3.8, 4) is 11.1 Å². The normalized spacial score (nSPS) is 16.6. The molecule has 5 aromatic rings. The summed E-state index contributed by atoms with van der Waals surface area (Å²) in [6.45, 7) is 14.4. The van der Waals surface area contributed by atoms with Crippen molar-refractivity contribution in [1.29, 1.82) is 0 Å². The van der Waals surface area contributed by atoms with Crippen molar-refractivity contribution < 1.29 is 28.3 Å². The highest BCUT2D eigenvalue weighted by molar-refractivity contribution is 6.02. The number of aryl methyl sites for hydroxylation is 1. The first-order chi connectivity index (χ1) is 32.2. The number of carbonyl (C=O) groups is 4. The largest absolute Gasteiger partial charge is 0.444 e. The van der Waals surface area contributed by atoms with Gasteiger partial charge in [0.05, 0.1) is 28.9 Å². The standard InChI is InChI=1S/C51H60FN9O6/c1-5-34-9-8-10-37(27-34)38-30-44(54-50(66)67-51(2,3)4)46(53-31-38)49(65)60-17-15-35(16-18-60)32-57-19-21-58(22-20-57)33-45(62)59-23-25-61(26-24-59)48(64)41-28-36(13-14-42(41)52)29-43-39-11-6-7-12-40(39)47(63)56-55-43/h6-14,27-28,30-31,35H,5,15-26,29,32-33H2,1-4H3,(H,54,66)(H,56,63). The highest BCUT2D eigenvalue weighted by Crippen LogP contribution is 2.29. The van der Waals surface area contributed by atoms with Gasteiger partial charge in [0, 0.05) is 95.6 Å². The van der Waals surface area contributed by atoms with E-state index in [9.17, 15) is 24.0 Å². The minimum absolute atomic E-state index is 0.0191. The molecule has 2 N–H and O–H groups in total. The van der Waals surface area contributed by atoms with Crippen molar-refractivity contribution >= 4 is 40.3 Å². The highest BCUT2D eigenvalue weighted by atomic mass is 19.1. The summed E-state index contributed by atoms with van der Waals surface area (Å²) in [6.07, 6.45) is 3.92. The number of likely N-dealkylation sites (tertiary alicyclic amines) is 1. The first kappa shape index (κ1) is 47.0. The molecule has 0 saturated carbocycles. The number of pyridine rings is 1. The molecule has 0 atom stereocenters. The van der Waals surface area contributed by atoms with Crippen LogP contribution in [0.2, 0.25) is 0 Å². The summed E-state index contributed by atoms with van der Waals surface area (Å²) in [7, 11) is 0. The van der Waals surface area contributed by atoms with Crippen molar-refractivity contribution in [2.24, 2.45) is 5.92 Å². The van der Waals surface area contributed by atoms with Gasteiger partial charge in [0.1, 0.15) is 11.4 Å². The van der Waals surface area contributed by atoms with Crippen LogP contribution in [-0.4, -0.2) is 148 Å². The molecule has 0 spiro atoms. The number of rotatable bonds is 11. The number of benzene rings is 3. The predicted octanol–water partition coefficient (Wildman–Crippen LogP) is 6.08. The number of H-pyrrole nitrogens is 1. The number of piperidine rings is 1. The number of carbonyl (C=O) groups excluding carboxylic acids is 4. The maximum Gasteiger partial charge on any atom is 0.412 e. The lowest BCUT2D eigenvalue weighted by molar-refractivity contribution is -0.134. The lowest BCUT2D eigenvalue weighted by atomic mass is 9.95. The average Bonchev–Trinajstić information content (AvgIpc) is 3.33. The topological polar surface area (TPSA) is 164 Å². The molecule has 15 nitrogen and oxygen atoms in total. The minimum atomic E-state index is -0.714. The third-order valence-corrected chi connectivity index (χ3v) is 13.0. The van der Waals surface area contributed by atoms with Crippen LogP contribution >= 0.6 is 0 Å². The molecule has 16 heteroatoms.